The van der Waals surface area contributed by atoms with E-state index in [2.05, 4.69) is 53.7 Å². The summed E-state index contributed by atoms with van der Waals surface area (Å²) in [5.74, 6) is 2.60. The molecule has 0 spiro atoms. The van der Waals surface area contributed by atoms with Crippen LogP contribution in [-0.4, -0.2) is 0 Å². The molecule has 0 aliphatic rings. The summed E-state index contributed by atoms with van der Waals surface area (Å²) in [7, 11) is 0. The zero-order valence-electron chi connectivity index (χ0n) is 11.0. The fourth-order valence-corrected chi connectivity index (χ4v) is 1.58. The molecule has 2 aromatic heterocycles. The van der Waals surface area contributed by atoms with E-state index in [0.717, 1.165) is 16.9 Å². The molecule has 0 amide bonds. The monoisotopic (exact) mass is 220 g/mol. The van der Waals surface area contributed by atoms with Crippen molar-refractivity contribution in [2.24, 2.45) is 0 Å². The highest BCUT2D eigenvalue weighted by atomic mass is 16.5. The Morgan fingerprint density at radius 3 is 1.38 bits per heavy atom. The quantitative estimate of drug-likeness (QED) is 0.647. The van der Waals surface area contributed by atoms with Gasteiger partial charge in [-0.25, -0.2) is 0 Å². The first-order valence-corrected chi connectivity index (χ1v) is 5.72. The zero-order valence-corrected chi connectivity index (χ0v) is 11.0. The van der Waals surface area contributed by atoms with Crippen LogP contribution in [0.1, 0.15) is 53.1 Å². The van der Waals surface area contributed by atoms with Crippen LogP contribution in [0.3, 0.4) is 0 Å². The lowest BCUT2D eigenvalue weighted by atomic mass is 9.92. The summed E-state index contributed by atoms with van der Waals surface area (Å²) < 4.78 is 11.5. The van der Waals surface area contributed by atoms with E-state index < -0.39 is 0 Å². The minimum Gasteiger partial charge on any atom is -0.430 e. The predicted octanol–water partition coefficient (Wildman–Crippen LogP) is 4.62. The standard InChI is InChI=1S/C14H20O2/c1-13(2,3)10-7-9-8-11(14(4,5)6)16-12(9)15-10/h7-8H,1-6H3. The smallest absolute Gasteiger partial charge is 0.297 e. The first kappa shape index (κ1) is 11.3. The molecule has 16 heavy (non-hydrogen) atoms. The minimum absolute atomic E-state index is 0.0312. The molecule has 0 atom stereocenters. The van der Waals surface area contributed by atoms with Gasteiger partial charge in [-0.05, 0) is 12.1 Å². The molecule has 0 aliphatic carbocycles. The Morgan fingerprint density at radius 2 is 1.12 bits per heavy atom. The summed E-state index contributed by atoms with van der Waals surface area (Å²) in [6.45, 7) is 12.8. The number of rotatable bonds is 0. The Morgan fingerprint density at radius 1 is 0.750 bits per heavy atom. The third-order valence-electron chi connectivity index (χ3n) is 2.69. The SMILES string of the molecule is CC(C)(C)c1cc2cc(C(C)(C)C)oc2o1. The van der Waals surface area contributed by atoms with Gasteiger partial charge in [0.15, 0.2) is 0 Å². The number of hydrogen-bond donors (Lipinski definition) is 0. The van der Waals surface area contributed by atoms with Gasteiger partial charge in [-0.2, -0.15) is 0 Å². The largest absolute Gasteiger partial charge is 0.430 e. The van der Waals surface area contributed by atoms with Gasteiger partial charge in [0.25, 0.3) is 5.78 Å². The first-order valence-electron chi connectivity index (χ1n) is 5.72. The van der Waals surface area contributed by atoms with E-state index in [1.54, 1.807) is 0 Å². The predicted molar refractivity (Wildman–Crippen MR) is 65.9 cm³/mol. The maximum atomic E-state index is 5.74. The number of furan rings is 2. The van der Waals surface area contributed by atoms with E-state index in [0.29, 0.717) is 5.78 Å². The van der Waals surface area contributed by atoms with Gasteiger partial charge in [0, 0.05) is 10.8 Å². The molecule has 2 heteroatoms. The average Bonchev–Trinajstić information content (AvgIpc) is 2.53. The lowest BCUT2D eigenvalue weighted by molar-refractivity contribution is 0.356. The van der Waals surface area contributed by atoms with Gasteiger partial charge >= 0.3 is 0 Å². The van der Waals surface area contributed by atoms with Crippen molar-refractivity contribution < 1.29 is 8.83 Å². The molecule has 0 saturated carbocycles. The highest BCUT2D eigenvalue weighted by molar-refractivity contribution is 5.74. The number of hydrogen-bond acceptors (Lipinski definition) is 2. The van der Waals surface area contributed by atoms with Gasteiger partial charge in [-0.3, -0.25) is 0 Å². The zero-order chi connectivity index (χ0) is 12.1. The van der Waals surface area contributed by atoms with E-state index in [1.165, 1.54) is 0 Å². The molecule has 0 aliphatic heterocycles. The fraction of sp³-hybridized carbons (Fsp3) is 0.571. The molecule has 88 valence electrons. The van der Waals surface area contributed by atoms with Gasteiger partial charge in [0.1, 0.15) is 11.5 Å². The molecule has 0 N–H and O–H groups in total. The maximum absolute atomic E-state index is 5.74. The van der Waals surface area contributed by atoms with Crippen molar-refractivity contribution in [3.63, 3.8) is 0 Å². The Bertz CT molecular complexity index is 426. The van der Waals surface area contributed by atoms with Crippen LogP contribution in [0.15, 0.2) is 21.0 Å². The third-order valence-corrected chi connectivity index (χ3v) is 2.69. The van der Waals surface area contributed by atoms with Crippen molar-refractivity contribution in [2.45, 2.75) is 52.4 Å². The van der Waals surface area contributed by atoms with Gasteiger partial charge < -0.3 is 8.83 Å². The van der Waals surface area contributed by atoms with Gasteiger partial charge in [0.2, 0.25) is 0 Å². The summed E-state index contributed by atoms with van der Waals surface area (Å²) >= 11 is 0. The summed E-state index contributed by atoms with van der Waals surface area (Å²) in [5, 5.41) is 1.06. The van der Waals surface area contributed by atoms with Crippen LogP contribution in [0.4, 0.5) is 0 Å². The molecule has 2 aromatic rings. The molecule has 2 heterocycles. The third kappa shape index (κ3) is 1.89. The molecule has 0 aromatic carbocycles. The molecule has 0 fully saturated rings. The molecular weight excluding hydrogens is 200 g/mol. The Hall–Kier alpha value is -1.18. The van der Waals surface area contributed by atoms with Crippen molar-refractivity contribution >= 4 is 11.2 Å². The maximum Gasteiger partial charge on any atom is 0.297 e. The van der Waals surface area contributed by atoms with Crippen LogP contribution in [-0.2, 0) is 10.8 Å². The van der Waals surface area contributed by atoms with Gasteiger partial charge in [-0.1, -0.05) is 41.5 Å². The highest BCUT2D eigenvalue weighted by Gasteiger charge is 2.24. The second-order valence-corrected chi connectivity index (χ2v) is 6.46. The van der Waals surface area contributed by atoms with Crippen LogP contribution >= 0.6 is 0 Å². The van der Waals surface area contributed by atoms with Crippen molar-refractivity contribution in [1.29, 1.82) is 0 Å². The molecule has 2 nitrogen and oxygen atoms in total. The Kier molecular flexibility index (Phi) is 2.23. The lowest BCUT2D eigenvalue weighted by Crippen LogP contribution is -2.10. The number of fused-ring (bicyclic) bond motifs is 1. The van der Waals surface area contributed by atoms with Crippen LogP contribution in [0.25, 0.3) is 11.2 Å². The molecule has 2 rings (SSSR count). The van der Waals surface area contributed by atoms with Crippen LogP contribution in [0, 0.1) is 0 Å². The summed E-state index contributed by atoms with van der Waals surface area (Å²) in [5.41, 5.74) is 0.0624. The normalized spacial score (nSPS) is 13.6. The van der Waals surface area contributed by atoms with E-state index in [9.17, 15) is 0 Å². The highest BCUT2D eigenvalue weighted by Crippen LogP contribution is 2.34. The summed E-state index contributed by atoms with van der Waals surface area (Å²) in [6, 6.07) is 4.15. The van der Waals surface area contributed by atoms with Gasteiger partial charge in [-0.15, -0.1) is 0 Å². The van der Waals surface area contributed by atoms with Crippen LogP contribution < -0.4 is 0 Å². The van der Waals surface area contributed by atoms with E-state index in [-0.39, 0.29) is 10.8 Å². The minimum atomic E-state index is 0.0312. The van der Waals surface area contributed by atoms with Crippen molar-refractivity contribution in [2.75, 3.05) is 0 Å². The second kappa shape index (κ2) is 3.16. The molecular formula is C14H20O2. The average molecular weight is 220 g/mol. The fourth-order valence-electron chi connectivity index (χ4n) is 1.58. The Labute approximate surface area is 96.6 Å². The van der Waals surface area contributed by atoms with Crippen LogP contribution in [0.5, 0.6) is 0 Å². The summed E-state index contributed by atoms with van der Waals surface area (Å²) in [6.07, 6.45) is 0. The van der Waals surface area contributed by atoms with E-state index in [1.807, 2.05) is 0 Å². The molecule has 0 radical (unpaired) electrons. The van der Waals surface area contributed by atoms with E-state index in [4.69, 9.17) is 8.83 Å². The lowest BCUT2D eigenvalue weighted by Gasteiger charge is -2.15. The Balaban J connectivity index is 2.49. The van der Waals surface area contributed by atoms with Crippen molar-refractivity contribution in [3.8, 4) is 0 Å². The van der Waals surface area contributed by atoms with Crippen LogP contribution in [0.2, 0.25) is 0 Å². The topological polar surface area (TPSA) is 26.3 Å². The second-order valence-electron chi connectivity index (χ2n) is 6.46. The van der Waals surface area contributed by atoms with Crippen molar-refractivity contribution in [3.05, 3.63) is 23.7 Å². The molecule has 0 bridgehead atoms. The van der Waals surface area contributed by atoms with Crippen molar-refractivity contribution in [1.82, 2.24) is 0 Å². The first-order chi connectivity index (χ1) is 7.18. The molecule has 0 unspecified atom stereocenters. The van der Waals surface area contributed by atoms with Gasteiger partial charge in [0.05, 0.1) is 5.39 Å². The molecule has 0 saturated heterocycles. The van der Waals surface area contributed by atoms with E-state index >= 15 is 0 Å². The summed E-state index contributed by atoms with van der Waals surface area (Å²) in [4.78, 5) is 0.